The van der Waals surface area contributed by atoms with Gasteiger partial charge in [-0.05, 0) is 31.1 Å². The highest BCUT2D eigenvalue weighted by molar-refractivity contribution is 5.51. The van der Waals surface area contributed by atoms with Crippen LogP contribution in [-0.2, 0) is 0 Å². The Labute approximate surface area is 139 Å². The van der Waals surface area contributed by atoms with E-state index in [2.05, 4.69) is 51.8 Å². The highest BCUT2D eigenvalue weighted by Crippen LogP contribution is 2.29. The van der Waals surface area contributed by atoms with Gasteiger partial charge in [0.2, 0.25) is 0 Å². The van der Waals surface area contributed by atoms with Gasteiger partial charge in [0.1, 0.15) is 18.0 Å². The van der Waals surface area contributed by atoms with Crippen molar-refractivity contribution in [3.05, 3.63) is 24.5 Å². The van der Waals surface area contributed by atoms with Crippen LogP contribution in [0, 0.1) is 5.41 Å². The van der Waals surface area contributed by atoms with Crippen LogP contribution in [0.3, 0.4) is 0 Å². The SMILES string of the molecule is CC1(C)CC=CCN(c2cc(N3CCCCC3CO)ncn2)C1. The normalized spacial score (nSPS) is 24.6. The van der Waals surface area contributed by atoms with Crippen LogP contribution in [0.4, 0.5) is 11.6 Å². The standard InChI is InChI=1S/C18H28N4O/c1-18(2)8-4-6-9-21(13-18)16-11-17(20-14-19-16)22-10-5-3-7-15(22)12-23/h4,6,11,14-15,23H,3,5,7-10,12-13H2,1-2H3. The number of anilines is 2. The maximum Gasteiger partial charge on any atom is 0.134 e. The average molecular weight is 316 g/mol. The van der Waals surface area contributed by atoms with Gasteiger partial charge in [-0.1, -0.05) is 26.0 Å². The van der Waals surface area contributed by atoms with Crippen LogP contribution >= 0.6 is 0 Å². The highest BCUT2D eigenvalue weighted by atomic mass is 16.3. The molecule has 1 N–H and O–H groups in total. The number of allylic oxidation sites excluding steroid dienone is 1. The van der Waals surface area contributed by atoms with Gasteiger partial charge >= 0.3 is 0 Å². The number of aliphatic hydroxyl groups excluding tert-OH is 1. The molecule has 23 heavy (non-hydrogen) atoms. The number of nitrogens with zero attached hydrogens (tertiary/aromatic N) is 4. The first-order valence-corrected chi connectivity index (χ1v) is 8.68. The second-order valence-corrected chi connectivity index (χ2v) is 7.48. The number of aromatic nitrogens is 2. The van der Waals surface area contributed by atoms with Gasteiger partial charge in [0.05, 0.1) is 12.6 Å². The molecule has 2 aliphatic rings. The van der Waals surface area contributed by atoms with Crippen LogP contribution in [0.15, 0.2) is 24.5 Å². The molecule has 126 valence electrons. The molecule has 0 saturated carbocycles. The van der Waals surface area contributed by atoms with Crippen molar-refractivity contribution in [2.75, 3.05) is 36.0 Å². The van der Waals surface area contributed by atoms with E-state index < -0.39 is 0 Å². The lowest BCUT2D eigenvalue weighted by Crippen LogP contribution is -2.42. The van der Waals surface area contributed by atoms with E-state index >= 15 is 0 Å². The third-order valence-corrected chi connectivity index (χ3v) is 4.88. The molecule has 0 bridgehead atoms. The molecule has 0 spiro atoms. The average Bonchev–Trinajstić information content (AvgIpc) is 2.75. The molecule has 0 aromatic carbocycles. The van der Waals surface area contributed by atoms with Gasteiger partial charge in [0.25, 0.3) is 0 Å². The third kappa shape index (κ3) is 3.83. The van der Waals surface area contributed by atoms with E-state index in [1.165, 1.54) is 6.42 Å². The molecule has 1 aromatic heterocycles. The minimum atomic E-state index is 0.187. The largest absolute Gasteiger partial charge is 0.394 e. The van der Waals surface area contributed by atoms with E-state index in [0.717, 1.165) is 50.5 Å². The summed E-state index contributed by atoms with van der Waals surface area (Å²) in [4.78, 5) is 13.6. The summed E-state index contributed by atoms with van der Waals surface area (Å²) in [5.74, 6) is 1.93. The molecule has 1 aromatic rings. The van der Waals surface area contributed by atoms with E-state index in [-0.39, 0.29) is 18.1 Å². The Morgan fingerprint density at radius 3 is 2.87 bits per heavy atom. The molecular formula is C18H28N4O. The summed E-state index contributed by atoms with van der Waals surface area (Å²) in [6.45, 7) is 7.63. The van der Waals surface area contributed by atoms with Crippen molar-refractivity contribution in [1.29, 1.82) is 0 Å². The molecule has 3 rings (SSSR count). The molecule has 1 unspecified atom stereocenters. The van der Waals surface area contributed by atoms with Crippen molar-refractivity contribution in [1.82, 2.24) is 9.97 Å². The molecule has 5 nitrogen and oxygen atoms in total. The minimum Gasteiger partial charge on any atom is -0.394 e. The Balaban J connectivity index is 1.83. The topological polar surface area (TPSA) is 52.5 Å². The van der Waals surface area contributed by atoms with Crippen molar-refractivity contribution < 1.29 is 5.11 Å². The molecule has 0 aliphatic carbocycles. The molecule has 1 atom stereocenters. The van der Waals surface area contributed by atoms with Crippen molar-refractivity contribution in [3.8, 4) is 0 Å². The van der Waals surface area contributed by atoms with Gasteiger partial charge in [-0.2, -0.15) is 0 Å². The van der Waals surface area contributed by atoms with Crippen molar-refractivity contribution in [2.45, 2.75) is 45.6 Å². The van der Waals surface area contributed by atoms with Crippen molar-refractivity contribution >= 4 is 11.6 Å². The van der Waals surface area contributed by atoms with Crippen molar-refractivity contribution in [3.63, 3.8) is 0 Å². The zero-order chi connectivity index (χ0) is 16.3. The summed E-state index contributed by atoms with van der Waals surface area (Å²) in [5.41, 5.74) is 0.247. The van der Waals surface area contributed by atoms with Crippen molar-refractivity contribution in [2.24, 2.45) is 5.41 Å². The minimum absolute atomic E-state index is 0.187. The fraction of sp³-hybridized carbons (Fsp3) is 0.667. The van der Waals surface area contributed by atoms with Gasteiger partial charge in [-0.15, -0.1) is 0 Å². The Kier molecular flexibility index (Phi) is 4.85. The van der Waals surface area contributed by atoms with Crippen LogP contribution < -0.4 is 9.80 Å². The lowest BCUT2D eigenvalue weighted by molar-refractivity contribution is 0.239. The highest BCUT2D eigenvalue weighted by Gasteiger charge is 2.26. The van der Waals surface area contributed by atoms with Gasteiger partial charge in [-0.25, -0.2) is 9.97 Å². The van der Waals surface area contributed by atoms with Gasteiger partial charge < -0.3 is 14.9 Å². The number of rotatable bonds is 3. The lowest BCUT2D eigenvalue weighted by Gasteiger charge is -2.36. The Morgan fingerprint density at radius 2 is 2.04 bits per heavy atom. The maximum absolute atomic E-state index is 9.64. The van der Waals surface area contributed by atoms with E-state index in [1.807, 2.05) is 0 Å². The fourth-order valence-electron chi connectivity index (χ4n) is 3.58. The third-order valence-electron chi connectivity index (χ3n) is 4.88. The molecule has 5 heteroatoms. The summed E-state index contributed by atoms with van der Waals surface area (Å²) >= 11 is 0. The lowest BCUT2D eigenvalue weighted by atomic mass is 9.89. The monoisotopic (exact) mass is 316 g/mol. The first kappa shape index (κ1) is 16.2. The van der Waals surface area contributed by atoms with E-state index in [4.69, 9.17) is 0 Å². The maximum atomic E-state index is 9.64. The quantitative estimate of drug-likeness (QED) is 0.869. The van der Waals surface area contributed by atoms with Gasteiger partial charge in [-0.3, -0.25) is 0 Å². The molecule has 1 fully saturated rings. The second-order valence-electron chi connectivity index (χ2n) is 7.48. The first-order chi connectivity index (χ1) is 11.1. The molecule has 0 radical (unpaired) electrons. The molecule has 1 saturated heterocycles. The summed E-state index contributed by atoms with van der Waals surface area (Å²) in [7, 11) is 0. The predicted molar refractivity (Wildman–Crippen MR) is 93.9 cm³/mol. The Morgan fingerprint density at radius 1 is 1.22 bits per heavy atom. The second kappa shape index (κ2) is 6.87. The Hall–Kier alpha value is -1.62. The number of aliphatic hydroxyl groups is 1. The summed E-state index contributed by atoms with van der Waals surface area (Å²) in [6, 6.07) is 2.27. The number of hydrogen-bond donors (Lipinski definition) is 1. The molecule has 2 aliphatic heterocycles. The molecule has 3 heterocycles. The van der Waals surface area contributed by atoms with Crippen LogP contribution in [-0.4, -0.2) is 47.4 Å². The van der Waals surface area contributed by atoms with Gasteiger partial charge in [0.15, 0.2) is 0 Å². The molecule has 0 amide bonds. The van der Waals surface area contributed by atoms with Crippen LogP contribution in [0.5, 0.6) is 0 Å². The predicted octanol–water partition coefficient (Wildman–Crippen LogP) is 2.62. The zero-order valence-corrected chi connectivity index (χ0v) is 14.3. The Bertz CT molecular complexity index is 558. The first-order valence-electron chi connectivity index (χ1n) is 8.68. The fourth-order valence-corrected chi connectivity index (χ4v) is 3.58. The van der Waals surface area contributed by atoms with E-state index in [9.17, 15) is 5.11 Å². The smallest absolute Gasteiger partial charge is 0.134 e. The van der Waals surface area contributed by atoms with Crippen LogP contribution in [0.2, 0.25) is 0 Å². The summed E-state index contributed by atoms with van der Waals surface area (Å²) < 4.78 is 0. The zero-order valence-electron chi connectivity index (χ0n) is 14.3. The number of piperidine rings is 1. The summed E-state index contributed by atoms with van der Waals surface area (Å²) in [5, 5.41) is 9.64. The van der Waals surface area contributed by atoms with Crippen LogP contribution in [0.1, 0.15) is 39.5 Å². The van der Waals surface area contributed by atoms with Gasteiger partial charge in [0, 0.05) is 25.7 Å². The van der Waals surface area contributed by atoms with Crippen LogP contribution in [0.25, 0.3) is 0 Å². The van der Waals surface area contributed by atoms with E-state index in [0.29, 0.717) is 0 Å². The number of hydrogen-bond acceptors (Lipinski definition) is 5. The summed E-state index contributed by atoms with van der Waals surface area (Å²) in [6.07, 6.45) is 10.6. The van der Waals surface area contributed by atoms with E-state index in [1.54, 1.807) is 6.33 Å². The molecular weight excluding hydrogens is 288 g/mol.